The maximum absolute atomic E-state index is 5.90. The lowest BCUT2D eigenvalue weighted by Gasteiger charge is -2.33. The molecule has 1 aliphatic rings. The van der Waals surface area contributed by atoms with Gasteiger partial charge in [0.1, 0.15) is 0 Å². The molecular formula is C13H29N3. The lowest BCUT2D eigenvalue weighted by molar-refractivity contribution is 0.164. The summed E-state index contributed by atoms with van der Waals surface area (Å²) in [7, 11) is 4.45. The summed E-state index contributed by atoms with van der Waals surface area (Å²) in [5.74, 6) is 1.48. The molecule has 1 rings (SSSR count). The Kier molecular flexibility index (Phi) is 5.73. The zero-order valence-corrected chi connectivity index (χ0v) is 11.4. The number of nitrogens with two attached hydrogens (primary N) is 1. The van der Waals surface area contributed by atoms with Crippen molar-refractivity contribution < 1.29 is 0 Å². The van der Waals surface area contributed by atoms with Gasteiger partial charge in [0.25, 0.3) is 0 Å². The third-order valence-corrected chi connectivity index (χ3v) is 3.91. The van der Waals surface area contributed by atoms with Crippen LogP contribution >= 0.6 is 0 Å². The summed E-state index contributed by atoms with van der Waals surface area (Å²) < 4.78 is 0. The van der Waals surface area contributed by atoms with Gasteiger partial charge in [-0.2, -0.15) is 0 Å². The van der Waals surface area contributed by atoms with E-state index < -0.39 is 0 Å². The first-order valence-electron chi connectivity index (χ1n) is 6.61. The molecule has 0 amide bonds. The molecule has 16 heavy (non-hydrogen) atoms. The van der Waals surface area contributed by atoms with Crippen molar-refractivity contribution in [1.29, 1.82) is 0 Å². The maximum Gasteiger partial charge on any atom is 0.00483 e. The monoisotopic (exact) mass is 227 g/mol. The standard InChI is InChI=1S/C13H29N3/c1-11(12(2)14)9-16(4)10-13-5-7-15(3)8-6-13/h11-13H,5-10,14H2,1-4H3. The third-order valence-electron chi connectivity index (χ3n) is 3.91. The van der Waals surface area contributed by atoms with Gasteiger partial charge in [-0.05, 0) is 58.8 Å². The van der Waals surface area contributed by atoms with Crippen molar-refractivity contribution in [2.45, 2.75) is 32.7 Å². The van der Waals surface area contributed by atoms with Gasteiger partial charge in [-0.3, -0.25) is 0 Å². The predicted octanol–water partition coefficient (Wildman–Crippen LogP) is 1.24. The first-order chi connectivity index (χ1) is 7.49. The quantitative estimate of drug-likeness (QED) is 0.767. The fourth-order valence-electron chi connectivity index (χ4n) is 2.42. The lowest BCUT2D eigenvalue weighted by atomic mass is 9.96. The second kappa shape index (κ2) is 6.58. The zero-order chi connectivity index (χ0) is 12.1. The molecule has 3 nitrogen and oxygen atoms in total. The van der Waals surface area contributed by atoms with Crippen LogP contribution in [0.2, 0.25) is 0 Å². The molecule has 2 unspecified atom stereocenters. The largest absolute Gasteiger partial charge is 0.328 e. The highest BCUT2D eigenvalue weighted by Crippen LogP contribution is 2.17. The topological polar surface area (TPSA) is 32.5 Å². The van der Waals surface area contributed by atoms with Gasteiger partial charge in [0.2, 0.25) is 0 Å². The van der Waals surface area contributed by atoms with E-state index in [0.29, 0.717) is 12.0 Å². The molecule has 0 saturated carbocycles. The van der Waals surface area contributed by atoms with Crippen LogP contribution < -0.4 is 5.73 Å². The fourth-order valence-corrected chi connectivity index (χ4v) is 2.42. The maximum atomic E-state index is 5.90. The molecule has 0 aromatic heterocycles. The summed E-state index contributed by atoms with van der Waals surface area (Å²) in [5.41, 5.74) is 5.90. The molecule has 96 valence electrons. The van der Waals surface area contributed by atoms with Gasteiger partial charge < -0.3 is 15.5 Å². The summed E-state index contributed by atoms with van der Waals surface area (Å²) in [6, 6.07) is 0.305. The summed E-state index contributed by atoms with van der Waals surface area (Å²) in [6.45, 7) is 9.25. The summed E-state index contributed by atoms with van der Waals surface area (Å²) in [4.78, 5) is 4.89. The number of nitrogens with zero attached hydrogens (tertiary/aromatic N) is 2. The first kappa shape index (κ1) is 13.9. The van der Waals surface area contributed by atoms with Crippen LogP contribution in [-0.2, 0) is 0 Å². The van der Waals surface area contributed by atoms with E-state index in [9.17, 15) is 0 Å². The SMILES string of the molecule is CC(N)C(C)CN(C)CC1CCN(C)CC1. The van der Waals surface area contributed by atoms with Gasteiger partial charge in [0.05, 0.1) is 0 Å². The molecule has 2 atom stereocenters. The Morgan fingerprint density at radius 1 is 1.31 bits per heavy atom. The highest BCUT2D eigenvalue weighted by Gasteiger charge is 2.19. The summed E-state index contributed by atoms with van der Waals surface area (Å²) in [6.07, 6.45) is 2.71. The Bertz CT molecular complexity index is 186. The molecule has 0 aliphatic carbocycles. The van der Waals surface area contributed by atoms with Crippen LogP contribution in [0.15, 0.2) is 0 Å². The second-order valence-corrected chi connectivity index (χ2v) is 5.80. The molecular weight excluding hydrogens is 198 g/mol. The number of likely N-dealkylation sites (tertiary alicyclic amines) is 1. The fraction of sp³-hybridized carbons (Fsp3) is 1.00. The molecule has 1 heterocycles. The zero-order valence-electron chi connectivity index (χ0n) is 11.4. The van der Waals surface area contributed by atoms with Crippen LogP contribution in [0.25, 0.3) is 0 Å². The van der Waals surface area contributed by atoms with Crippen molar-refractivity contribution in [3.8, 4) is 0 Å². The van der Waals surface area contributed by atoms with E-state index in [1.165, 1.54) is 32.5 Å². The van der Waals surface area contributed by atoms with Gasteiger partial charge in [-0.15, -0.1) is 0 Å². The normalized spacial score (nSPS) is 23.6. The van der Waals surface area contributed by atoms with Crippen molar-refractivity contribution in [3.05, 3.63) is 0 Å². The number of piperidine rings is 1. The first-order valence-corrected chi connectivity index (χ1v) is 6.61. The van der Waals surface area contributed by atoms with Gasteiger partial charge >= 0.3 is 0 Å². The van der Waals surface area contributed by atoms with Crippen LogP contribution in [0.4, 0.5) is 0 Å². The minimum Gasteiger partial charge on any atom is -0.328 e. The molecule has 0 spiro atoms. The Morgan fingerprint density at radius 3 is 2.38 bits per heavy atom. The van der Waals surface area contributed by atoms with E-state index in [1.54, 1.807) is 0 Å². The van der Waals surface area contributed by atoms with Crippen molar-refractivity contribution in [3.63, 3.8) is 0 Å². The number of hydrogen-bond acceptors (Lipinski definition) is 3. The van der Waals surface area contributed by atoms with E-state index in [2.05, 4.69) is 37.7 Å². The van der Waals surface area contributed by atoms with Crippen LogP contribution in [0.3, 0.4) is 0 Å². The molecule has 3 heteroatoms. The molecule has 1 saturated heterocycles. The average molecular weight is 227 g/mol. The van der Waals surface area contributed by atoms with Crippen LogP contribution in [-0.4, -0.2) is 56.1 Å². The number of hydrogen-bond donors (Lipinski definition) is 1. The predicted molar refractivity (Wildman–Crippen MR) is 70.5 cm³/mol. The Morgan fingerprint density at radius 2 is 1.88 bits per heavy atom. The Hall–Kier alpha value is -0.120. The molecule has 0 radical (unpaired) electrons. The van der Waals surface area contributed by atoms with Crippen molar-refractivity contribution >= 4 is 0 Å². The molecule has 1 fully saturated rings. The third kappa shape index (κ3) is 4.81. The minimum atomic E-state index is 0.305. The van der Waals surface area contributed by atoms with E-state index >= 15 is 0 Å². The number of rotatable bonds is 5. The van der Waals surface area contributed by atoms with E-state index in [4.69, 9.17) is 5.73 Å². The van der Waals surface area contributed by atoms with E-state index in [-0.39, 0.29) is 0 Å². The average Bonchev–Trinajstić information content (AvgIpc) is 2.21. The van der Waals surface area contributed by atoms with Crippen LogP contribution in [0.1, 0.15) is 26.7 Å². The lowest BCUT2D eigenvalue weighted by Crippen LogP contribution is -2.39. The van der Waals surface area contributed by atoms with Gasteiger partial charge in [0, 0.05) is 19.1 Å². The highest BCUT2D eigenvalue weighted by molar-refractivity contribution is 4.74. The molecule has 0 bridgehead atoms. The Labute approximate surface area is 101 Å². The van der Waals surface area contributed by atoms with E-state index in [1.807, 2.05) is 0 Å². The molecule has 0 aromatic rings. The van der Waals surface area contributed by atoms with Crippen molar-refractivity contribution in [2.24, 2.45) is 17.6 Å². The van der Waals surface area contributed by atoms with E-state index in [0.717, 1.165) is 12.5 Å². The summed E-state index contributed by atoms with van der Waals surface area (Å²) in [5, 5.41) is 0. The van der Waals surface area contributed by atoms with Crippen LogP contribution in [0.5, 0.6) is 0 Å². The van der Waals surface area contributed by atoms with Crippen LogP contribution in [0, 0.1) is 11.8 Å². The molecule has 0 aromatic carbocycles. The van der Waals surface area contributed by atoms with Crippen molar-refractivity contribution in [2.75, 3.05) is 40.3 Å². The highest BCUT2D eigenvalue weighted by atomic mass is 15.1. The molecule has 1 aliphatic heterocycles. The molecule has 2 N–H and O–H groups in total. The van der Waals surface area contributed by atoms with Gasteiger partial charge in [-0.25, -0.2) is 0 Å². The Balaban J connectivity index is 2.21. The smallest absolute Gasteiger partial charge is 0.00483 e. The van der Waals surface area contributed by atoms with Crippen molar-refractivity contribution in [1.82, 2.24) is 9.80 Å². The minimum absolute atomic E-state index is 0.305. The van der Waals surface area contributed by atoms with Gasteiger partial charge in [0.15, 0.2) is 0 Å². The second-order valence-electron chi connectivity index (χ2n) is 5.80. The summed E-state index contributed by atoms with van der Waals surface area (Å²) >= 11 is 0. The van der Waals surface area contributed by atoms with Gasteiger partial charge in [-0.1, -0.05) is 6.92 Å².